The number of benzene rings is 1. The summed E-state index contributed by atoms with van der Waals surface area (Å²) in [5.74, 6) is 0.0591. The lowest BCUT2D eigenvalue weighted by atomic mass is 10.1. The summed E-state index contributed by atoms with van der Waals surface area (Å²) >= 11 is 0. The number of amides is 1. The largest absolute Gasteiger partial charge is 0.291 e. The minimum atomic E-state index is 0.0591. The molecule has 1 saturated heterocycles. The fraction of sp³-hybridized carbons (Fsp3) is 0.222. The van der Waals surface area contributed by atoms with E-state index in [4.69, 9.17) is 0 Å². The fourth-order valence-corrected chi connectivity index (χ4v) is 1.34. The van der Waals surface area contributed by atoms with Gasteiger partial charge in [0.25, 0.3) is 0 Å². The summed E-state index contributed by atoms with van der Waals surface area (Å²) in [4.78, 5) is 10.9. The van der Waals surface area contributed by atoms with Crippen LogP contribution in [0.1, 0.15) is 18.0 Å². The van der Waals surface area contributed by atoms with Crippen LogP contribution in [0.2, 0.25) is 0 Å². The monoisotopic (exact) mass is 162 g/mol. The van der Waals surface area contributed by atoms with Crippen LogP contribution in [0.5, 0.6) is 0 Å². The van der Waals surface area contributed by atoms with Gasteiger partial charge in [-0.3, -0.25) is 10.2 Å². The third-order valence-electron chi connectivity index (χ3n) is 1.98. The van der Waals surface area contributed by atoms with E-state index in [9.17, 15) is 4.79 Å². The molecule has 2 rings (SSSR count). The molecule has 3 nitrogen and oxygen atoms in total. The van der Waals surface area contributed by atoms with E-state index in [2.05, 4.69) is 10.9 Å². The van der Waals surface area contributed by atoms with Gasteiger partial charge in [-0.05, 0) is 5.56 Å². The molecule has 1 aliphatic heterocycles. The second-order valence-electron chi connectivity index (χ2n) is 2.86. The zero-order valence-corrected chi connectivity index (χ0v) is 6.58. The molecule has 1 aromatic rings. The van der Waals surface area contributed by atoms with Crippen LogP contribution >= 0.6 is 0 Å². The first-order valence-electron chi connectivity index (χ1n) is 3.95. The van der Waals surface area contributed by atoms with Crippen LogP contribution in [0.25, 0.3) is 0 Å². The average molecular weight is 162 g/mol. The Morgan fingerprint density at radius 1 is 1.25 bits per heavy atom. The van der Waals surface area contributed by atoms with Gasteiger partial charge in [0.15, 0.2) is 0 Å². The van der Waals surface area contributed by atoms with Crippen molar-refractivity contribution in [2.45, 2.75) is 12.5 Å². The maximum absolute atomic E-state index is 10.9. The van der Waals surface area contributed by atoms with Gasteiger partial charge in [0.1, 0.15) is 0 Å². The summed E-state index contributed by atoms with van der Waals surface area (Å²) < 4.78 is 0. The van der Waals surface area contributed by atoms with Crippen molar-refractivity contribution >= 4 is 5.91 Å². The van der Waals surface area contributed by atoms with Crippen LogP contribution < -0.4 is 10.9 Å². The van der Waals surface area contributed by atoms with Crippen molar-refractivity contribution in [3.63, 3.8) is 0 Å². The van der Waals surface area contributed by atoms with Gasteiger partial charge < -0.3 is 0 Å². The molecular weight excluding hydrogens is 152 g/mol. The highest BCUT2D eigenvalue weighted by Crippen LogP contribution is 2.18. The van der Waals surface area contributed by atoms with Crippen LogP contribution in [0, 0.1) is 0 Å². The van der Waals surface area contributed by atoms with Crippen molar-refractivity contribution in [1.82, 2.24) is 10.9 Å². The molecule has 1 heterocycles. The zero-order valence-electron chi connectivity index (χ0n) is 6.58. The molecule has 0 spiro atoms. The van der Waals surface area contributed by atoms with Crippen LogP contribution in [-0.4, -0.2) is 5.91 Å². The van der Waals surface area contributed by atoms with Crippen LogP contribution in [0.15, 0.2) is 30.3 Å². The SMILES string of the molecule is O=C1C[C@@H](c2ccccc2)NN1. The molecule has 1 fully saturated rings. The third-order valence-corrected chi connectivity index (χ3v) is 1.98. The lowest BCUT2D eigenvalue weighted by Crippen LogP contribution is -2.27. The van der Waals surface area contributed by atoms with E-state index in [0.29, 0.717) is 6.42 Å². The van der Waals surface area contributed by atoms with Crippen LogP contribution in [-0.2, 0) is 4.79 Å². The number of carbonyl (C=O) groups excluding carboxylic acids is 1. The van der Waals surface area contributed by atoms with Gasteiger partial charge in [-0.1, -0.05) is 30.3 Å². The Kier molecular flexibility index (Phi) is 1.80. The van der Waals surface area contributed by atoms with Gasteiger partial charge in [0.2, 0.25) is 5.91 Å². The van der Waals surface area contributed by atoms with Gasteiger partial charge >= 0.3 is 0 Å². The number of hydrazine groups is 1. The van der Waals surface area contributed by atoms with Gasteiger partial charge in [-0.15, -0.1) is 0 Å². The molecule has 1 atom stereocenters. The first kappa shape index (κ1) is 7.31. The molecule has 62 valence electrons. The fourth-order valence-electron chi connectivity index (χ4n) is 1.34. The Bertz CT molecular complexity index is 284. The van der Waals surface area contributed by atoms with E-state index in [1.54, 1.807) is 0 Å². The number of rotatable bonds is 1. The predicted molar refractivity (Wildman–Crippen MR) is 45.1 cm³/mol. The lowest BCUT2D eigenvalue weighted by Gasteiger charge is -2.06. The molecule has 1 amide bonds. The van der Waals surface area contributed by atoms with Crippen LogP contribution in [0.4, 0.5) is 0 Å². The molecule has 12 heavy (non-hydrogen) atoms. The van der Waals surface area contributed by atoms with Crippen molar-refractivity contribution in [3.8, 4) is 0 Å². The van der Waals surface area contributed by atoms with Crippen molar-refractivity contribution < 1.29 is 4.79 Å². The number of nitrogens with one attached hydrogen (secondary N) is 2. The van der Waals surface area contributed by atoms with E-state index < -0.39 is 0 Å². The summed E-state index contributed by atoms with van der Waals surface area (Å²) in [7, 11) is 0. The predicted octanol–water partition coefficient (Wildman–Crippen LogP) is 0.752. The van der Waals surface area contributed by atoms with E-state index >= 15 is 0 Å². The van der Waals surface area contributed by atoms with Gasteiger partial charge in [0.05, 0.1) is 6.04 Å². The smallest absolute Gasteiger partial charge is 0.236 e. The molecule has 3 heteroatoms. The molecule has 0 radical (unpaired) electrons. The van der Waals surface area contributed by atoms with Gasteiger partial charge in [-0.2, -0.15) is 0 Å². The number of hydrogen-bond donors (Lipinski definition) is 2. The lowest BCUT2D eigenvalue weighted by molar-refractivity contribution is -0.119. The van der Waals surface area contributed by atoms with Gasteiger partial charge in [0, 0.05) is 6.42 Å². The number of carbonyl (C=O) groups is 1. The molecule has 2 N–H and O–H groups in total. The van der Waals surface area contributed by atoms with E-state index in [0.717, 1.165) is 5.56 Å². The summed E-state index contributed by atoms with van der Waals surface area (Å²) in [6.07, 6.45) is 0.532. The highest BCUT2D eigenvalue weighted by atomic mass is 16.2. The highest BCUT2D eigenvalue weighted by Gasteiger charge is 2.21. The topological polar surface area (TPSA) is 41.1 Å². The quantitative estimate of drug-likeness (QED) is 0.639. The van der Waals surface area contributed by atoms with E-state index in [-0.39, 0.29) is 11.9 Å². The second-order valence-corrected chi connectivity index (χ2v) is 2.86. The Balaban J connectivity index is 2.16. The Hall–Kier alpha value is -1.35. The average Bonchev–Trinajstić information content (AvgIpc) is 2.54. The molecule has 1 aromatic carbocycles. The maximum atomic E-state index is 10.9. The van der Waals surface area contributed by atoms with Crippen LogP contribution in [0.3, 0.4) is 0 Å². The van der Waals surface area contributed by atoms with Crippen molar-refractivity contribution in [2.75, 3.05) is 0 Å². The van der Waals surface area contributed by atoms with E-state index in [1.165, 1.54) is 0 Å². The minimum Gasteiger partial charge on any atom is -0.291 e. The first-order valence-corrected chi connectivity index (χ1v) is 3.95. The Labute approximate surface area is 70.8 Å². The first-order chi connectivity index (χ1) is 5.86. The number of hydrogen-bond acceptors (Lipinski definition) is 2. The van der Waals surface area contributed by atoms with E-state index in [1.807, 2.05) is 30.3 Å². The van der Waals surface area contributed by atoms with Gasteiger partial charge in [-0.25, -0.2) is 5.43 Å². The summed E-state index contributed by atoms with van der Waals surface area (Å²) in [5.41, 5.74) is 6.65. The maximum Gasteiger partial charge on any atom is 0.236 e. The molecule has 0 unspecified atom stereocenters. The normalized spacial score (nSPS) is 22.3. The van der Waals surface area contributed by atoms with Crippen molar-refractivity contribution in [3.05, 3.63) is 35.9 Å². The summed E-state index contributed by atoms with van der Waals surface area (Å²) in [6, 6.07) is 10.1. The zero-order chi connectivity index (χ0) is 8.39. The Morgan fingerprint density at radius 3 is 2.58 bits per heavy atom. The minimum absolute atomic E-state index is 0.0591. The molecule has 0 saturated carbocycles. The summed E-state index contributed by atoms with van der Waals surface area (Å²) in [6.45, 7) is 0. The standard InChI is InChI=1S/C9H10N2O/c12-9-6-8(10-11-9)7-4-2-1-3-5-7/h1-5,8,10H,6H2,(H,11,12)/t8-/m0/s1. The summed E-state index contributed by atoms with van der Waals surface area (Å²) in [5, 5.41) is 0. The molecule has 0 bridgehead atoms. The van der Waals surface area contributed by atoms with Crippen molar-refractivity contribution in [1.29, 1.82) is 0 Å². The Morgan fingerprint density at radius 2 is 2.00 bits per heavy atom. The molecule has 0 aliphatic carbocycles. The highest BCUT2D eigenvalue weighted by molar-refractivity contribution is 5.78. The van der Waals surface area contributed by atoms with Crippen molar-refractivity contribution in [2.24, 2.45) is 0 Å². The second kappa shape index (κ2) is 2.95. The third kappa shape index (κ3) is 1.31. The molecule has 1 aliphatic rings. The molecular formula is C9H10N2O. The molecule has 0 aromatic heterocycles.